The molecule has 17 heavy (non-hydrogen) atoms. The Labute approximate surface area is 101 Å². The molecule has 0 atom stereocenters. The molecular formula is C14H17FN2. The molecule has 1 fully saturated rings. The highest BCUT2D eigenvalue weighted by atomic mass is 19.1. The summed E-state index contributed by atoms with van der Waals surface area (Å²) in [5, 5.41) is 12.0. The fraction of sp³-hybridized carbons (Fsp3) is 0.500. The van der Waals surface area contributed by atoms with Crippen molar-refractivity contribution in [2.75, 3.05) is 6.54 Å². The van der Waals surface area contributed by atoms with E-state index in [9.17, 15) is 4.39 Å². The van der Waals surface area contributed by atoms with Crippen LogP contribution in [0.2, 0.25) is 0 Å². The molecule has 0 radical (unpaired) electrons. The number of nitriles is 1. The minimum Gasteiger partial charge on any atom is -0.312 e. The second-order valence-electron chi connectivity index (χ2n) is 4.70. The Kier molecular flexibility index (Phi) is 4.11. The number of hydrogen-bond donors (Lipinski definition) is 1. The maximum absolute atomic E-state index is 13.5. The first-order valence-corrected chi connectivity index (χ1v) is 6.19. The zero-order valence-corrected chi connectivity index (χ0v) is 9.88. The lowest BCUT2D eigenvalue weighted by Crippen LogP contribution is -2.21. The fourth-order valence-corrected chi connectivity index (χ4v) is 2.41. The lowest BCUT2D eigenvalue weighted by atomic mass is 10.1. The number of nitrogens with one attached hydrogen (secondary N) is 1. The van der Waals surface area contributed by atoms with Crippen molar-refractivity contribution in [2.24, 2.45) is 5.92 Å². The van der Waals surface area contributed by atoms with Crippen molar-refractivity contribution < 1.29 is 4.39 Å². The SMILES string of the molecule is N#Cc1ccc(F)c(CNCC2CCCC2)c1. The Morgan fingerprint density at radius 1 is 1.35 bits per heavy atom. The Hall–Kier alpha value is -1.40. The van der Waals surface area contributed by atoms with Gasteiger partial charge in [0.1, 0.15) is 5.82 Å². The summed E-state index contributed by atoms with van der Waals surface area (Å²) < 4.78 is 13.5. The zero-order valence-electron chi connectivity index (χ0n) is 9.88. The van der Waals surface area contributed by atoms with Crippen LogP contribution in [0.4, 0.5) is 4.39 Å². The smallest absolute Gasteiger partial charge is 0.127 e. The van der Waals surface area contributed by atoms with Crippen LogP contribution in [-0.2, 0) is 6.54 Å². The van der Waals surface area contributed by atoms with Gasteiger partial charge in [-0.3, -0.25) is 0 Å². The van der Waals surface area contributed by atoms with Crippen molar-refractivity contribution in [3.63, 3.8) is 0 Å². The topological polar surface area (TPSA) is 35.8 Å². The number of halogens is 1. The predicted octanol–water partition coefficient (Wildman–Crippen LogP) is 2.98. The Morgan fingerprint density at radius 2 is 2.12 bits per heavy atom. The third kappa shape index (κ3) is 3.28. The second-order valence-corrected chi connectivity index (χ2v) is 4.70. The van der Waals surface area contributed by atoms with Crippen LogP contribution >= 0.6 is 0 Å². The average Bonchev–Trinajstić information content (AvgIpc) is 2.84. The van der Waals surface area contributed by atoms with E-state index >= 15 is 0 Å². The highest BCUT2D eigenvalue weighted by Gasteiger charge is 2.14. The van der Waals surface area contributed by atoms with Crippen molar-refractivity contribution in [1.82, 2.24) is 5.32 Å². The van der Waals surface area contributed by atoms with E-state index < -0.39 is 0 Å². The van der Waals surface area contributed by atoms with Crippen LogP contribution < -0.4 is 5.32 Å². The Morgan fingerprint density at radius 3 is 2.82 bits per heavy atom. The number of benzene rings is 1. The van der Waals surface area contributed by atoms with E-state index in [2.05, 4.69) is 5.32 Å². The monoisotopic (exact) mass is 232 g/mol. The second kappa shape index (κ2) is 5.79. The van der Waals surface area contributed by atoms with Gasteiger partial charge in [-0.2, -0.15) is 5.26 Å². The normalized spacial score (nSPS) is 16.0. The summed E-state index contributed by atoms with van der Waals surface area (Å²) in [7, 11) is 0. The maximum atomic E-state index is 13.5. The molecule has 0 aliphatic heterocycles. The standard InChI is InChI=1S/C14H17FN2/c15-14-6-5-12(8-16)7-13(14)10-17-9-11-3-1-2-4-11/h5-7,11,17H,1-4,9-10H2. The van der Waals surface area contributed by atoms with E-state index in [1.807, 2.05) is 6.07 Å². The average molecular weight is 232 g/mol. The van der Waals surface area contributed by atoms with Crippen LogP contribution in [0.1, 0.15) is 36.8 Å². The summed E-state index contributed by atoms with van der Waals surface area (Å²) in [6, 6.07) is 6.53. The minimum atomic E-state index is -0.233. The van der Waals surface area contributed by atoms with Gasteiger partial charge >= 0.3 is 0 Å². The molecule has 0 saturated heterocycles. The third-order valence-electron chi connectivity index (χ3n) is 3.40. The largest absolute Gasteiger partial charge is 0.312 e. The van der Waals surface area contributed by atoms with Crippen LogP contribution in [0.15, 0.2) is 18.2 Å². The van der Waals surface area contributed by atoms with Crippen LogP contribution in [-0.4, -0.2) is 6.54 Å². The molecule has 90 valence electrons. The molecule has 1 aliphatic rings. The molecule has 2 nitrogen and oxygen atoms in total. The van der Waals surface area contributed by atoms with Crippen LogP contribution in [0.3, 0.4) is 0 Å². The van der Waals surface area contributed by atoms with Gasteiger partial charge in [-0.1, -0.05) is 12.8 Å². The molecule has 1 saturated carbocycles. The molecule has 1 N–H and O–H groups in total. The molecule has 1 aliphatic carbocycles. The maximum Gasteiger partial charge on any atom is 0.127 e. The van der Waals surface area contributed by atoms with Crippen molar-refractivity contribution >= 4 is 0 Å². The van der Waals surface area contributed by atoms with E-state index in [4.69, 9.17) is 5.26 Å². The Bertz CT molecular complexity index is 417. The summed E-state index contributed by atoms with van der Waals surface area (Å²) in [6.45, 7) is 1.47. The van der Waals surface area contributed by atoms with E-state index in [1.165, 1.54) is 37.8 Å². The van der Waals surface area contributed by atoms with Crippen molar-refractivity contribution in [2.45, 2.75) is 32.2 Å². The first-order valence-electron chi connectivity index (χ1n) is 6.19. The van der Waals surface area contributed by atoms with Crippen LogP contribution in [0, 0.1) is 23.1 Å². The van der Waals surface area contributed by atoms with Gasteiger partial charge in [-0.05, 0) is 43.5 Å². The Balaban J connectivity index is 1.87. The quantitative estimate of drug-likeness (QED) is 0.866. The summed E-state index contributed by atoms with van der Waals surface area (Å²) in [6.07, 6.45) is 5.22. The first kappa shape index (κ1) is 12.1. The third-order valence-corrected chi connectivity index (χ3v) is 3.40. The molecule has 0 heterocycles. The van der Waals surface area contributed by atoms with E-state index in [-0.39, 0.29) is 5.82 Å². The van der Waals surface area contributed by atoms with Gasteiger partial charge in [0.25, 0.3) is 0 Å². The van der Waals surface area contributed by atoms with Gasteiger partial charge in [-0.25, -0.2) is 4.39 Å². The molecule has 1 aromatic rings. The lowest BCUT2D eigenvalue weighted by molar-refractivity contribution is 0.483. The van der Waals surface area contributed by atoms with Crippen molar-refractivity contribution in [1.29, 1.82) is 5.26 Å². The van der Waals surface area contributed by atoms with Gasteiger partial charge in [0.15, 0.2) is 0 Å². The first-order chi connectivity index (χ1) is 8.29. The predicted molar refractivity (Wildman–Crippen MR) is 64.8 cm³/mol. The summed E-state index contributed by atoms with van der Waals surface area (Å²) in [5.74, 6) is 0.514. The van der Waals surface area contributed by atoms with Gasteiger partial charge in [-0.15, -0.1) is 0 Å². The van der Waals surface area contributed by atoms with Crippen molar-refractivity contribution in [3.8, 4) is 6.07 Å². The number of hydrogen-bond acceptors (Lipinski definition) is 2. The van der Waals surface area contributed by atoms with Crippen molar-refractivity contribution in [3.05, 3.63) is 35.1 Å². The summed E-state index contributed by atoms with van der Waals surface area (Å²) in [5.41, 5.74) is 1.10. The highest BCUT2D eigenvalue weighted by Crippen LogP contribution is 2.23. The summed E-state index contributed by atoms with van der Waals surface area (Å²) in [4.78, 5) is 0. The van der Waals surface area contributed by atoms with Crippen LogP contribution in [0.25, 0.3) is 0 Å². The highest BCUT2D eigenvalue weighted by molar-refractivity contribution is 5.33. The fourth-order valence-electron chi connectivity index (χ4n) is 2.41. The molecule has 0 bridgehead atoms. The summed E-state index contributed by atoms with van der Waals surface area (Å²) >= 11 is 0. The van der Waals surface area contributed by atoms with Gasteiger partial charge in [0.2, 0.25) is 0 Å². The molecule has 1 aromatic carbocycles. The van der Waals surface area contributed by atoms with Gasteiger partial charge in [0.05, 0.1) is 11.6 Å². The van der Waals surface area contributed by atoms with E-state index in [1.54, 1.807) is 6.07 Å². The van der Waals surface area contributed by atoms with Gasteiger partial charge < -0.3 is 5.32 Å². The minimum absolute atomic E-state index is 0.233. The molecule has 0 unspecified atom stereocenters. The number of rotatable bonds is 4. The molecular weight excluding hydrogens is 215 g/mol. The van der Waals surface area contributed by atoms with Gasteiger partial charge in [0, 0.05) is 12.1 Å². The molecule has 2 rings (SSSR count). The molecule has 3 heteroatoms. The van der Waals surface area contributed by atoms with Crippen LogP contribution in [0.5, 0.6) is 0 Å². The number of nitrogens with zero attached hydrogens (tertiary/aromatic N) is 1. The zero-order chi connectivity index (χ0) is 12.1. The molecule has 0 spiro atoms. The van der Waals surface area contributed by atoms with E-state index in [0.29, 0.717) is 17.7 Å². The van der Waals surface area contributed by atoms with E-state index in [0.717, 1.165) is 12.5 Å². The molecule has 0 amide bonds. The lowest BCUT2D eigenvalue weighted by Gasteiger charge is -2.11. The molecule has 0 aromatic heterocycles.